The number of nitrogens with one attached hydrogen (secondary N) is 1. The van der Waals surface area contributed by atoms with E-state index in [1.54, 1.807) is 6.08 Å². The minimum absolute atomic E-state index is 0.0884. The van der Waals surface area contributed by atoms with Gasteiger partial charge in [-0.3, -0.25) is 29.6 Å². The highest BCUT2D eigenvalue weighted by molar-refractivity contribution is 6.12. The van der Waals surface area contributed by atoms with Crippen LogP contribution in [-0.4, -0.2) is 61.5 Å². The smallest absolute Gasteiger partial charge is 0.276 e. The number of anilines is 1. The highest BCUT2D eigenvalue weighted by Gasteiger charge is 2.52. The van der Waals surface area contributed by atoms with Crippen molar-refractivity contribution in [2.45, 2.75) is 57.0 Å². The van der Waals surface area contributed by atoms with E-state index in [1.165, 1.54) is 17.8 Å². The van der Waals surface area contributed by atoms with Crippen LogP contribution in [-0.2, 0) is 14.3 Å². The fourth-order valence-electron chi connectivity index (χ4n) is 3.50. The summed E-state index contributed by atoms with van der Waals surface area (Å²) in [7, 11) is 0. The number of ether oxygens (including phenoxy) is 1. The number of carbonyl (C=O) groups is 3. The van der Waals surface area contributed by atoms with Gasteiger partial charge in [-0.15, -0.1) is 6.58 Å². The summed E-state index contributed by atoms with van der Waals surface area (Å²) in [6, 6.07) is 0. The number of imidazole rings is 1. The third kappa shape index (κ3) is 2.92. The van der Waals surface area contributed by atoms with E-state index >= 15 is 0 Å². The molecule has 11 heteroatoms. The number of ketones is 1. The first kappa shape index (κ1) is 20.1. The van der Waals surface area contributed by atoms with Crippen LogP contribution in [0.4, 0.5) is 5.82 Å². The van der Waals surface area contributed by atoms with Crippen molar-refractivity contribution in [1.29, 1.82) is 0 Å². The number of aliphatic hydroxyl groups is 2. The summed E-state index contributed by atoms with van der Waals surface area (Å²) < 4.78 is 7.01. The van der Waals surface area contributed by atoms with E-state index in [1.807, 2.05) is 0 Å². The zero-order chi connectivity index (χ0) is 20.8. The van der Waals surface area contributed by atoms with E-state index in [0.29, 0.717) is 12.8 Å². The van der Waals surface area contributed by atoms with Gasteiger partial charge in [0, 0.05) is 13.8 Å². The molecule has 2 aliphatic heterocycles. The quantitative estimate of drug-likeness (QED) is 0.452. The summed E-state index contributed by atoms with van der Waals surface area (Å²) >= 11 is 0. The summed E-state index contributed by atoms with van der Waals surface area (Å²) in [5.41, 5.74) is 5.90. The minimum Gasteiger partial charge on any atom is -0.388 e. The lowest BCUT2D eigenvalue weighted by atomic mass is 10.1. The molecule has 1 aromatic heterocycles. The highest BCUT2D eigenvalue weighted by atomic mass is 16.6. The highest BCUT2D eigenvalue weighted by Crippen LogP contribution is 2.38. The van der Waals surface area contributed by atoms with Gasteiger partial charge in [-0.1, -0.05) is 6.08 Å². The van der Waals surface area contributed by atoms with E-state index in [0.717, 1.165) is 11.8 Å². The molecule has 0 bridgehead atoms. The van der Waals surface area contributed by atoms with Crippen LogP contribution in [0.25, 0.3) is 0 Å². The van der Waals surface area contributed by atoms with Gasteiger partial charge in [0.05, 0.1) is 12.4 Å². The van der Waals surface area contributed by atoms with Gasteiger partial charge in [-0.05, 0) is 12.8 Å². The van der Waals surface area contributed by atoms with Gasteiger partial charge in [-0.25, -0.2) is 4.98 Å². The number of hydrogen-bond donors (Lipinski definition) is 4. The predicted octanol–water partition coefficient (Wildman–Crippen LogP) is -1.23. The molecule has 5 atom stereocenters. The Bertz CT molecular complexity index is 838. The Morgan fingerprint density at radius 1 is 1.43 bits per heavy atom. The zero-order valence-corrected chi connectivity index (χ0v) is 15.5. The van der Waals surface area contributed by atoms with Crippen molar-refractivity contribution in [1.82, 2.24) is 14.9 Å². The monoisotopic (exact) mass is 393 g/mol. The molecule has 0 saturated carbocycles. The number of nitrogens with zero attached hydrogens (tertiary/aromatic N) is 3. The molecule has 0 aliphatic carbocycles. The number of carbonyl (C=O) groups excluding carboxylic acids is 3. The van der Waals surface area contributed by atoms with E-state index in [9.17, 15) is 24.6 Å². The maximum absolute atomic E-state index is 12.4. The van der Waals surface area contributed by atoms with Crippen molar-refractivity contribution < 1.29 is 29.3 Å². The third-order valence-electron chi connectivity index (χ3n) is 4.97. The van der Waals surface area contributed by atoms with Crippen LogP contribution in [0, 0.1) is 0 Å². The van der Waals surface area contributed by atoms with Crippen LogP contribution < -0.4 is 16.0 Å². The Labute approximate surface area is 160 Å². The van der Waals surface area contributed by atoms with Gasteiger partial charge in [0.15, 0.2) is 23.5 Å². The van der Waals surface area contributed by atoms with Crippen LogP contribution in [0.3, 0.4) is 0 Å². The van der Waals surface area contributed by atoms with Crippen LogP contribution in [0.15, 0.2) is 19.0 Å². The number of fused-ring (bicyclic) bond motifs is 1. The molecule has 152 valence electrons. The molecule has 11 nitrogen and oxygen atoms in total. The topological polar surface area (TPSA) is 160 Å². The van der Waals surface area contributed by atoms with Gasteiger partial charge >= 0.3 is 0 Å². The molecule has 2 aliphatic rings. The first-order valence-corrected chi connectivity index (χ1v) is 8.76. The minimum atomic E-state index is -2.11. The van der Waals surface area contributed by atoms with E-state index in [-0.39, 0.29) is 11.5 Å². The molecule has 2 amide bonds. The molecular weight excluding hydrogens is 370 g/mol. The van der Waals surface area contributed by atoms with Gasteiger partial charge in [0.2, 0.25) is 11.7 Å². The molecule has 5 N–H and O–H groups in total. The van der Waals surface area contributed by atoms with Crippen LogP contribution >= 0.6 is 0 Å². The SMILES string of the molecule is C=CCC[C@H]1O[C@@H](n2cnc3c2N(C(C)=O)C(N)(C(C)=O)NC3=O)C(O)C1O. The second-order valence-corrected chi connectivity index (χ2v) is 6.87. The normalized spacial score (nSPS) is 32.0. The van der Waals surface area contributed by atoms with Crippen LogP contribution in [0.2, 0.25) is 0 Å². The van der Waals surface area contributed by atoms with Crippen molar-refractivity contribution in [2.24, 2.45) is 5.73 Å². The maximum Gasteiger partial charge on any atom is 0.276 e. The molecule has 3 rings (SSSR count). The van der Waals surface area contributed by atoms with Gasteiger partial charge in [0.25, 0.3) is 5.91 Å². The summed E-state index contributed by atoms with van der Waals surface area (Å²) in [6.07, 6.45) is -0.533. The molecule has 0 spiro atoms. The Kier molecular flexibility index (Phi) is 5.10. The number of Topliss-reactive ketones (excluding diaryl/α,β-unsaturated/α-hetero) is 1. The molecule has 1 aromatic rings. The van der Waals surface area contributed by atoms with Crippen molar-refractivity contribution in [3.8, 4) is 0 Å². The molecular formula is C17H23N5O6. The van der Waals surface area contributed by atoms with Crippen LogP contribution in [0.1, 0.15) is 43.4 Å². The lowest BCUT2D eigenvalue weighted by Gasteiger charge is -2.42. The summed E-state index contributed by atoms with van der Waals surface area (Å²) in [5.74, 6) is -4.25. The average molecular weight is 393 g/mol. The molecule has 3 unspecified atom stereocenters. The lowest BCUT2D eigenvalue weighted by molar-refractivity contribution is -0.128. The van der Waals surface area contributed by atoms with Gasteiger partial charge < -0.3 is 20.3 Å². The summed E-state index contributed by atoms with van der Waals surface area (Å²) in [4.78, 5) is 41.8. The number of rotatable bonds is 5. The second-order valence-electron chi connectivity index (χ2n) is 6.87. The fourth-order valence-corrected chi connectivity index (χ4v) is 3.50. The van der Waals surface area contributed by atoms with Gasteiger partial charge in [0.1, 0.15) is 12.2 Å². The standard InChI is InChI=1S/C17H23N5O6/c1-4-5-6-10-12(25)13(26)16(28-10)21-7-19-11-14(27)20-17(18,8(2)23)22(9(3)24)15(11)21/h4,7,10,12-13,16,25-26H,1,5-6,18H2,2-3H3,(H,20,27)/t10-,12?,13?,16-,17?/m1/s1. The third-order valence-corrected chi connectivity index (χ3v) is 4.97. The average Bonchev–Trinajstić information content (AvgIpc) is 3.16. The lowest BCUT2D eigenvalue weighted by Crippen LogP contribution is -2.75. The van der Waals surface area contributed by atoms with Crippen molar-refractivity contribution in [2.75, 3.05) is 4.90 Å². The number of aromatic nitrogens is 2. The maximum atomic E-state index is 12.4. The molecule has 3 heterocycles. The van der Waals surface area contributed by atoms with E-state index < -0.39 is 47.9 Å². The first-order valence-electron chi connectivity index (χ1n) is 8.76. The number of nitrogens with two attached hydrogens (primary N) is 1. The molecule has 1 saturated heterocycles. The zero-order valence-electron chi connectivity index (χ0n) is 15.5. The van der Waals surface area contributed by atoms with E-state index in [2.05, 4.69) is 16.9 Å². The molecule has 28 heavy (non-hydrogen) atoms. The summed E-state index contributed by atoms with van der Waals surface area (Å²) in [5, 5.41) is 23.1. The van der Waals surface area contributed by atoms with Gasteiger partial charge in [-0.2, -0.15) is 0 Å². The van der Waals surface area contributed by atoms with Crippen molar-refractivity contribution in [3.05, 3.63) is 24.7 Å². The summed E-state index contributed by atoms with van der Waals surface area (Å²) in [6.45, 7) is 5.93. The Hall–Kier alpha value is -2.60. The molecule has 1 fully saturated rings. The molecule has 0 radical (unpaired) electrons. The fraction of sp³-hybridized carbons (Fsp3) is 0.529. The van der Waals surface area contributed by atoms with Crippen molar-refractivity contribution in [3.63, 3.8) is 0 Å². The Balaban J connectivity index is 2.08. The predicted molar refractivity (Wildman–Crippen MR) is 95.8 cm³/mol. The number of allylic oxidation sites excluding steroid dienone is 1. The number of aliphatic hydroxyl groups excluding tert-OH is 2. The number of hydrogen-bond acceptors (Lipinski definition) is 8. The number of amides is 2. The Morgan fingerprint density at radius 2 is 2.11 bits per heavy atom. The first-order chi connectivity index (χ1) is 13.1. The molecule has 0 aromatic carbocycles. The van der Waals surface area contributed by atoms with Crippen molar-refractivity contribution >= 4 is 23.4 Å². The van der Waals surface area contributed by atoms with Crippen LogP contribution in [0.5, 0.6) is 0 Å². The second kappa shape index (κ2) is 7.09. The Morgan fingerprint density at radius 3 is 2.68 bits per heavy atom. The van der Waals surface area contributed by atoms with E-state index in [4.69, 9.17) is 10.5 Å². The largest absolute Gasteiger partial charge is 0.388 e.